The molecule has 0 saturated carbocycles. The fourth-order valence-corrected chi connectivity index (χ4v) is 5.61. The lowest BCUT2D eigenvalue weighted by Crippen LogP contribution is -2.35. The van der Waals surface area contributed by atoms with Crippen molar-refractivity contribution in [1.82, 2.24) is 19.9 Å². The maximum absolute atomic E-state index is 12.2. The lowest BCUT2D eigenvalue weighted by Gasteiger charge is -2.26. The van der Waals surface area contributed by atoms with Gasteiger partial charge in [-0.3, -0.25) is 5.32 Å². The summed E-state index contributed by atoms with van der Waals surface area (Å²) in [5.41, 5.74) is 4.32. The van der Waals surface area contributed by atoms with Crippen LogP contribution in [0.4, 0.5) is 10.5 Å². The average Bonchev–Trinajstić information content (AvgIpc) is 3.42. The van der Waals surface area contributed by atoms with Gasteiger partial charge < -0.3 is 23.7 Å². The van der Waals surface area contributed by atoms with E-state index in [4.69, 9.17) is 40.3 Å². The van der Waals surface area contributed by atoms with E-state index >= 15 is 0 Å². The molecule has 1 aliphatic rings. The highest BCUT2D eigenvalue weighted by molar-refractivity contribution is 7.22. The predicted octanol–water partition coefficient (Wildman–Crippen LogP) is 5.67. The first-order chi connectivity index (χ1) is 19.4. The Morgan fingerprint density at radius 2 is 1.95 bits per heavy atom. The summed E-state index contributed by atoms with van der Waals surface area (Å²) in [4.78, 5) is 30.2. The van der Waals surface area contributed by atoms with Crippen molar-refractivity contribution in [2.75, 3.05) is 32.8 Å². The van der Waals surface area contributed by atoms with Crippen molar-refractivity contribution >= 4 is 56.0 Å². The van der Waals surface area contributed by atoms with Gasteiger partial charge in [0.25, 0.3) is 0 Å². The van der Waals surface area contributed by atoms with Crippen LogP contribution in [0.3, 0.4) is 0 Å². The van der Waals surface area contributed by atoms with Crippen LogP contribution >= 0.6 is 22.9 Å². The fraction of sp³-hybridized carbons (Fsp3) is 0.222. The molecule has 4 heterocycles. The minimum absolute atomic E-state index is 0.0319. The van der Waals surface area contributed by atoms with Crippen molar-refractivity contribution in [1.29, 1.82) is 0 Å². The maximum Gasteiger partial charge on any atom is 0.411 e. The van der Waals surface area contributed by atoms with E-state index in [2.05, 4.69) is 20.3 Å². The molecular formula is C27H22ClN5O6S. The molecule has 6 rings (SSSR count). The van der Waals surface area contributed by atoms with Crippen molar-refractivity contribution < 1.29 is 28.5 Å². The van der Waals surface area contributed by atoms with Gasteiger partial charge in [0.1, 0.15) is 28.4 Å². The van der Waals surface area contributed by atoms with E-state index in [0.717, 1.165) is 20.8 Å². The third kappa shape index (κ3) is 4.98. The van der Waals surface area contributed by atoms with Crippen molar-refractivity contribution in [3.8, 4) is 33.8 Å². The SMILES string of the molecule is COc1ccc(NC(=O)OC[C@H]2COc3c(cc(Cl)c4nc(-c5cc(C)cc6nc(OC)cnc56)sc34)O2)cn1. The Morgan fingerprint density at radius 1 is 1.10 bits per heavy atom. The molecule has 3 aromatic heterocycles. The summed E-state index contributed by atoms with van der Waals surface area (Å²) in [6, 6.07) is 8.91. The standard InChI is InChI=1S/C27H22ClN5O6S/c1-13-6-16(22-18(7-13)32-21(36-3)10-30-22)26-33-23-17(28)8-19-24(25(23)40-26)37-11-15(39-19)12-38-27(34)31-14-4-5-20(35-2)29-9-14/h4-10,15H,11-12H2,1-3H3,(H,31,34)/t15-/m1/s1. The van der Waals surface area contributed by atoms with E-state index in [9.17, 15) is 4.79 Å². The molecule has 0 saturated heterocycles. The summed E-state index contributed by atoms with van der Waals surface area (Å²) in [5.74, 6) is 1.86. The molecular weight excluding hydrogens is 558 g/mol. The Labute approximate surface area is 237 Å². The van der Waals surface area contributed by atoms with E-state index < -0.39 is 12.2 Å². The third-order valence-corrected chi connectivity index (χ3v) is 7.42. The molecule has 1 aliphatic heterocycles. The number of aromatic nitrogens is 4. The van der Waals surface area contributed by atoms with Gasteiger partial charge in [0.05, 0.1) is 48.4 Å². The molecule has 40 heavy (non-hydrogen) atoms. The molecule has 0 spiro atoms. The first kappa shape index (κ1) is 25.8. The van der Waals surface area contributed by atoms with Crippen LogP contribution in [0, 0.1) is 6.92 Å². The van der Waals surface area contributed by atoms with Gasteiger partial charge in [-0.25, -0.2) is 24.7 Å². The molecule has 204 valence electrons. The Morgan fingerprint density at radius 3 is 2.73 bits per heavy atom. The summed E-state index contributed by atoms with van der Waals surface area (Å²) in [6.45, 7) is 2.13. The number of nitrogens with one attached hydrogen (secondary N) is 1. The van der Waals surface area contributed by atoms with Crippen molar-refractivity contribution in [2.24, 2.45) is 0 Å². The summed E-state index contributed by atoms with van der Waals surface area (Å²) in [5, 5.41) is 3.74. The lowest BCUT2D eigenvalue weighted by molar-refractivity contribution is 0.0383. The number of halogens is 1. The number of aryl methyl sites for hydroxylation is 1. The highest BCUT2D eigenvalue weighted by Gasteiger charge is 2.28. The number of amides is 1. The van der Waals surface area contributed by atoms with Gasteiger partial charge in [0.2, 0.25) is 11.8 Å². The van der Waals surface area contributed by atoms with Crippen molar-refractivity contribution in [2.45, 2.75) is 13.0 Å². The number of rotatable bonds is 6. The number of pyridine rings is 1. The molecule has 0 radical (unpaired) electrons. The number of thiazole rings is 1. The average molecular weight is 580 g/mol. The lowest BCUT2D eigenvalue weighted by atomic mass is 10.1. The van der Waals surface area contributed by atoms with Crippen LogP contribution in [0.25, 0.3) is 31.8 Å². The van der Waals surface area contributed by atoms with Crippen LogP contribution in [0.1, 0.15) is 5.56 Å². The normalized spacial score (nSPS) is 14.2. The second-order valence-corrected chi connectivity index (χ2v) is 10.2. The van der Waals surface area contributed by atoms with E-state index in [-0.39, 0.29) is 13.2 Å². The van der Waals surface area contributed by atoms with Crippen molar-refractivity contribution in [3.05, 3.63) is 53.3 Å². The van der Waals surface area contributed by atoms with Gasteiger partial charge in [0, 0.05) is 17.7 Å². The highest BCUT2D eigenvalue weighted by atomic mass is 35.5. The number of ether oxygens (including phenoxy) is 5. The number of hydrogen-bond acceptors (Lipinski definition) is 11. The number of fused-ring (bicyclic) bond motifs is 4. The van der Waals surface area contributed by atoms with Gasteiger partial charge in [-0.05, 0) is 30.7 Å². The van der Waals surface area contributed by atoms with E-state index in [1.807, 2.05) is 19.1 Å². The van der Waals surface area contributed by atoms with E-state index in [1.165, 1.54) is 24.6 Å². The number of carbonyl (C=O) groups is 1. The maximum atomic E-state index is 12.2. The number of nitrogens with zero attached hydrogens (tertiary/aromatic N) is 4. The monoisotopic (exact) mass is 579 g/mol. The summed E-state index contributed by atoms with van der Waals surface area (Å²) in [7, 11) is 3.07. The zero-order valence-corrected chi connectivity index (χ0v) is 23.1. The van der Waals surface area contributed by atoms with Crippen LogP contribution in [0.5, 0.6) is 23.3 Å². The van der Waals surface area contributed by atoms with E-state index in [0.29, 0.717) is 50.5 Å². The van der Waals surface area contributed by atoms with Gasteiger partial charge in [-0.15, -0.1) is 11.3 Å². The van der Waals surface area contributed by atoms with Gasteiger partial charge >= 0.3 is 6.09 Å². The number of anilines is 1. The van der Waals surface area contributed by atoms with Crippen LogP contribution in [-0.4, -0.2) is 59.6 Å². The second kappa shape index (κ2) is 10.6. The topological polar surface area (TPSA) is 127 Å². The Hall–Kier alpha value is -4.42. The molecule has 1 amide bonds. The molecule has 0 unspecified atom stereocenters. The van der Waals surface area contributed by atoms with Gasteiger partial charge in [-0.2, -0.15) is 0 Å². The second-order valence-electron chi connectivity index (χ2n) is 8.84. The quantitative estimate of drug-likeness (QED) is 0.269. The molecule has 1 atom stereocenters. The molecule has 0 fully saturated rings. The zero-order chi connectivity index (χ0) is 27.8. The molecule has 0 bridgehead atoms. The van der Waals surface area contributed by atoms with Crippen molar-refractivity contribution in [3.63, 3.8) is 0 Å². The largest absolute Gasteiger partial charge is 0.484 e. The molecule has 0 aliphatic carbocycles. The summed E-state index contributed by atoms with van der Waals surface area (Å²) < 4.78 is 28.5. The molecule has 5 aromatic rings. The number of carbonyl (C=O) groups excluding carboxylic acids is 1. The smallest absolute Gasteiger partial charge is 0.411 e. The summed E-state index contributed by atoms with van der Waals surface area (Å²) in [6.07, 6.45) is 1.87. The van der Waals surface area contributed by atoms with Crippen LogP contribution in [0.15, 0.2) is 42.7 Å². The first-order valence-corrected chi connectivity index (χ1v) is 13.3. The minimum Gasteiger partial charge on any atom is -0.484 e. The number of hydrogen-bond donors (Lipinski definition) is 1. The Kier molecular flexibility index (Phi) is 6.86. The van der Waals surface area contributed by atoms with E-state index in [1.54, 1.807) is 31.5 Å². The third-order valence-electron chi connectivity index (χ3n) is 6.05. The van der Waals surface area contributed by atoms with Crippen LogP contribution < -0.4 is 24.3 Å². The number of benzene rings is 2. The minimum atomic E-state index is -0.645. The summed E-state index contributed by atoms with van der Waals surface area (Å²) >= 11 is 8.05. The fourth-order valence-electron chi connectivity index (χ4n) is 4.22. The molecule has 13 heteroatoms. The van der Waals surface area contributed by atoms with Crippen LogP contribution in [-0.2, 0) is 4.74 Å². The molecule has 2 aromatic carbocycles. The Balaban J connectivity index is 1.22. The zero-order valence-electron chi connectivity index (χ0n) is 21.6. The van der Waals surface area contributed by atoms with Gasteiger partial charge in [-0.1, -0.05) is 11.6 Å². The predicted molar refractivity (Wildman–Crippen MR) is 150 cm³/mol. The number of methoxy groups -OCH3 is 2. The first-order valence-electron chi connectivity index (χ1n) is 12.1. The van der Waals surface area contributed by atoms with Crippen LogP contribution in [0.2, 0.25) is 5.02 Å². The van der Waals surface area contributed by atoms with Gasteiger partial charge in [0.15, 0.2) is 17.6 Å². The molecule has 11 nitrogen and oxygen atoms in total. The highest BCUT2D eigenvalue weighted by Crippen LogP contribution is 2.47. The Bertz CT molecular complexity index is 1750. The molecule has 1 N–H and O–H groups in total.